The van der Waals surface area contributed by atoms with Gasteiger partial charge in [0.05, 0.1) is 23.4 Å². The Morgan fingerprint density at radius 2 is 1.92 bits per heavy atom. The first-order chi connectivity index (χ1) is 11.0. The topological polar surface area (TPSA) is 68.4 Å². The quantitative estimate of drug-likeness (QED) is 0.405. The summed E-state index contributed by atoms with van der Waals surface area (Å²) in [5.41, 5.74) is -0.570. The Hall–Kier alpha value is -0.940. The zero-order valence-electron chi connectivity index (χ0n) is 15.5. The monoisotopic (exact) mass is 338 g/mol. The van der Waals surface area contributed by atoms with E-state index < -0.39 is 11.6 Å². The molecule has 5 nitrogen and oxygen atoms in total. The summed E-state index contributed by atoms with van der Waals surface area (Å²) in [5, 5.41) is 0. The van der Waals surface area contributed by atoms with E-state index in [9.17, 15) is 9.59 Å². The van der Waals surface area contributed by atoms with Crippen LogP contribution < -0.4 is 0 Å². The first-order valence-corrected chi connectivity index (χ1v) is 9.11. The Balaban J connectivity index is 1.65. The standard InChI is InChI=1S/C19H30O5/c1-12(20)10-16(21)24-18(4,9-7-14-17(2,3)22-14)13-6-8-19(5)15(11-13)23-19/h13-15H,6-11H2,1-5H3. The summed E-state index contributed by atoms with van der Waals surface area (Å²) >= 11 is 0. The number of ether oxygens (including phenoxy) is 3. The number of hydrogen-bond donors (Lipinski definition) is 0. The maximum Gasteiger partial charge on any atom is 0.313 e. The van der Waals surface area contributed by atoms with Gasteiger partial charge in [-0.3, -0.25) is 9.59 Å². The summed E-state index contributed by atoms with van der Waals surface area (Å²) in [7, 11) is 0. The SMILES string of the molecule is CC(=O)CC(=O)OC(C)(CCC1OC1(C)C)C1CCC2(C)OC2C1. The predicted octanol–water partition coefficient (Wildman–Crippen LogP) is 3.18. The highest BCUT2D eigenvalue weighted by atomic mass is 16.6. The zero-order chi connectivity index (χ0) is 17.8. The number of hydrogen-bond acceptors (Lipinski definition) is 5. The fourth-order valence-corrected chi connectivity index (χ4v) is 4.19. The molecule has 0 spiro atoms. The third-order valence-electron chi connectivity index (χ3n) is 6.19. The van der Waals surface area contributed by atoms with E-state index in [1.807, 2.05) is 6.92 Å². The minimum atomic E-state index is -0.554. The second-order valence-electron chi connectivity index (χ2n) is 8.80. The van der Waals surface area contributed by atoms with Crippen molar-refractivity contribution >= 4 is 11.8 Å². The van der Waals surface area contributed by atoms with E-state index in [0.29, 0.717) is 0 Å². The van der Waals surface area contributed by atoms with Gasteiger partial charge in [-0.15, -0.1) is 0 Å². The van der Waals surface area contributed by atoms with Crippen molar-refractivity contribution in [3.05, 3.63) is 0 Å². The van der Waals surface area contributed by atoms with Crippen LogP contribution in [0.25, 0.3) is 0 Å². The molecule has 0 aromatic heterocycles. The number of epoxide rings is 2. The van der Waals surface area contributed by atoms with Gasteiger partial charge in [0.1, 0.15) is 17.8 Å². The van der Waals surface area contributed by atoms with E-state index in [2.05, 4.69) is 20.8 Å². The largest absolute Gasteiger partial charge is 0.459 e. The van der Waals surface area contributed by atoms with Crippen LogP contribution in [0.4, 0.5) is 0 Å². The van der Waals surface area contributed by atoms with Gasteiger partial charge in [0.2, 0.25) is 0 Å². The number of Topliss-reactive ketones (excluding diaryl/α,β-unsaturated/α-hetero) is 1. The van der Waals surface area contributed by atoms with E-state index in [4.69, 9.17) is 14.2 Å². The highest BCUT2D eigenvalue weighted by molar-refractivity contribution is 5.94. The maximum atomic E-state index is 12.1. The molecule has 1 saturated carbocycles. The molecule has 2 heterocycles. The van der Waals surface area contributed by atoms with Crippen LogP contribution in [0, 0.1) is 5.92 Å². The smallest absolute Gasteiger partial charge is 0.313 e. The van der Waals surface area contributed by atoms with Crippen molar-refractivity contribution in [1.82, 2.24) is 0 Å². The number of rotatable bonds is 7. The van der Waals surface area contributed by atoms with Gasteiger partial charge in [0.15, 0.2) is 0 Å². The highest BCUT2D eigenvalue weighted by Gasteiger charge is 2.58. The van der Waals surface area contributed by atoms with Crippen molar-refractivity contribution in [3.63, 3.8) is 0 Å². The third-order valence-corrected chi connectivity index (χ3v) is 6.19. The molecular formula is C19H30O5. The minimum Gasteiger partial charge on any atom is -0.459 e. The highest BCUT2D eigenvalue weighted by Crippen LogP contribution is 2.53. The van der Waals surface area contributed by atoms with Crippen LogP contribution >= 0.6 is 0 Å². The average Bonchev–Trinajstić information content (AvgIpc) is 3.28. The predicted molar refractivity (Wildman–Crippen MR) is 88.6 cm³/mol. The summed E-state index contributed by atoms with van der Waals surface area (Å²) in [4.78, 5) is 23.4. The number of fused-ring (bicyclic) bond motifs is 1. The lowest BCUT2D eigenvalue weighted by Gasteiger charge is -2.39. The lowest BCUT2D eigenvalue weighted by molar-refractivity contribution is -0.167. The summed E-state index contributed by atoms with van der Waals surface area (Å²) in [6.45, 7) is 9.77. The molecule has 5 heteroatoms. The molecule has 136 valence electrons. The Labute approximate surface area is 144 Å². The molecule has 0 amide bonds. The lowest BCUT2D eigenvalue weighted by atomic mass is 9.72. The van der Waals surface area contributed by atoms with Crippen molar-refractivity contribution in [1.29, 1.82) is 0 Å². The molecule has 3 rings (SSSR count). The molecule has 24 heavy (non-hydrogen) atoms. The van der Waals surface area contributed by atoms with Crippen molar-refractivity contribution in [3.8, 4) is 0 Å². The van der Waals surface area contributed by atoms with E-state index in [-0.39, 0.29) is 41.5 Å². The fraction of sp³-hybridized carbons (Fsp3) is 0.895. The summed E-state index contributed by atoms with van der Waals surface area (Å²) in [6, 6.07) is 0. The average molecular weight is 338 g/mol. The normalized spacial score (nSPS) is 38.6. The van der Waals surface area contributed by atoms with Crippen molar-refractivity contribution in [2.45, 2.75) is 102 Å². The van der Waals surface area contributed by atoms with E-state index in [0.717, 1.165) is 32.1 Å². The van der Waals surface area contributed by atoms with Crippen LogP contribution in [0.5, 0.6) is 0 Å². The van der Waals surface area contributed by atoms with Gasteiger partial charge in [0, 0.05) is 5.92 Å². The van der Waals surface area contributed by atoms with Gasteiger partial charge in [-0.1, -0.05) is 0 Å². The molecule has 2 saturated heterocycles. The van der Waals surface area contributed by atoms with Crippen LogP contribution in [0.3, 0.4) is 0 Å². The van der Waals surface area contributed by atoms with E-state index >= 15 is 0 Å². The molecule has 3 aliphatic rings. The van der Waals surface area contributed by atoms with Gasteiger partial charge in [0.25, 0.3) is 0 Å². The summed E-state index contributed by atoms with van der Waals surface area (Å²) < 4.78 is 17.4. The molecule has 2 aliphatic heterocycles. The summed E-state index contributed by atoms with van der Waals surface area (Å²) in [6.07, 6.45) is 4.93. The molecular weight excluding hydrogens is 308 g/mol. The number of carbonyl (C=O) groups is 2. The maximum absolute atomic E-state index is 12.1. The van der Waals surface area contributed by atoms with Crippen LogP contribution in [-0.4, -0.2) is 40.8 Å². The summed E-state index contributed by atoms with van der Waals surface area (Å²) in [5.74, 6) is -0.294. The number of ketones is 1. The molecule has 0 aromatic rings. The number of esters is 1. The van der Waals surface area contributed by atoms with Crippen molar-refractivity contribution < 1.29 is 23.8 Å². The van der Waals surface area contributed by atoms with Crippen LogP contribution in [-0.2, 0) is 23.8 Å². The third kappa shape index (κ3) is 3.67. The van der Waals surface area contributed by atoms with Gasteiger partial charge >= 0.3 is 5.97 Å². The van der Waals surface area contributed by atoms with Gasteiger partial charge in [-0.2, -0.15) is 0 Å². The Bertz CT molecular complexity index is 542. The second-order valence-corrected chi connectivity index (χ2v) is 8.80. The Morgan fingerprint density at radius 3 is 2.46 bits per heavy atom. The molecule has 1 aliphatic carbocycles. The molecule has 5 atom stereocenters. The van der Waals surface area contributed by atoms with Gasteiger partial charge in [-0.25, -0.2) is 0 Å². The Kier molecular flexibility index (Phi) is 4.32. The van der Waals surface area contributed by atoms with Crippen molar-refractivity contribution in [2.24, 2.45) is 5.92 Å². The first kappa shape index (κ1) is 17.9. The molecule has 0 radical (unpaired) electrons. The van der Waals surface area contributed by atoms with Crippen LogP contribution in [0.1, 0.15) is 73.1 Å². The molecule has 0 N–H and O–H groups in total. The number of carbonyl (C=O) groups excluding carboxylic acids is 2. The van der Waals surface area contributed by atoms with Crippen molar-refractivity contribution in [2.75, 3.05) is 0 Å². The van der Waals surface area contributed by atoms with Crippen LogP contribution in [0.15, 0.2) is 0 Å². The second kappa shape index (κ2) is 5.80. The Morgan fingerprint density at radius 1 is 1.25 bits per heavy atom. The van der Waals surface area contributed by atoms with Crippen LogP contribution in [0.2, 0.25) is 0 Å². The minimum absolute atomic E-state index is 0.0440. The molecule has 0 aromatic carbocycles. The van der Waals surface area contributed by atoms with Gasteiger partial charge < -0.3 is 14.2 Å². The zero-order valence-corrected chi connectivity index (χ0v) is 15.5. The lowest BCUT2D eigenvalue weighted by Crippen LogP contribution is -2.43. The van der Waals surface area contributed by atoms with E-state index in [1.165, 1.54) is 6.92 Å². The molecule has 0 bridgehead atoms. The molecule has 3 fully saturated rings. The van der Waals surface area contributed by atoms with Gasteiger partial charge in [-0.05, 0) is 66.7 Å². The fourth-order valence-electron chi connectivity index (χ4n) is 4.19. The van der Waals surface area contributed by atoms with E-state index in [1.54, 1.807) is 0 Å². The first-order valence-electron chi connectivity index (χ1n) is 9.11. The molecule has 5 unspecified atom stereocenters.